The Kier molecular flexibility index (Phi) is 5.68. The number of rotatable bonds is 7. The summed E-state index contributed by atoms with van der Waals surface area (Å²) in [6, 6.07) is 7.03. The average Bonchev–Trinajstić information content (AvgIpc) is 3.15. The fourth-order valence-corrected chi connectivity index (χ4v) is 3.70. The van der Waals surface area contributed by atoms with Crippen molar-refractivity contribution in [2.75, 3.05) is 17.6 Å². The Morgan fingerprint density at radius 3 is 2.79 bits per heavy atom. The highest BCUT2D eigenvalue weighted by molar-refractivity contribution is 7.99. The van der Waals surface area contributed by atoms with Crippen molar-refractivity contribution >= 4 is 35.3 Å². The molecule has 3 rings (SSSR count). The maximum Gasteiger partial charge on any atom is 0.325 e. The molecule has 1 aliphatic rings. The van der Waals surface area contributed by atoms with Crippen LogP contribution in [0.15, 0.2) is 35.7 Å². The number of amides is 4. The van der Waals surface area contributed by atoms with Crippen molar-refractivity contribution in [3.05, 3.63) is 30.6 Å². The second-order valence-corrected chi connectivity index (χ2v) is 7.99. The van der Waals surface area contributed by atoms with Gasteiger partial charge in [-0.15, -0.1) is 10.2 Å². The van der Waals surface area contributed by atoms with Crippen LogP contribution >= 0.6 is 11.8 Å². The fraction of sp³-hybridized carbons (Fsp3) is 0.389. The molecule has 0 radical (unpaired) electrons. The van der Waals surface area contributed by atoms with E-state index in [0.717, 1.165) is 5.69 Å². The fourth-order valence-electron chi connectivity index (χ4n) is 2.84. The zero-order chi connectivity index (χ0) is 20.3. The highest BCUT2D eigenvalue weighted by atomic mass is 32.2. The molecule has 0 aliphatic carbocycles. The lowest BCUT2D eigenvalue weighted by atomic mass is 10.1. The van der Waals surface area contributed by atoms with Crippen molar-refractivity contribution in [1.29, 1.82) is 0 Å². The number of nitrogens with one attached hydrogen (secondary N) is 2. The first-order chi connectivity index (χ1) is 13.3. The van der Waals surface area contributed by atoms with Crippen LogP contribution in [0.4, 0.5) is 10.5 Å². The van der Waals surface area contributed by atoms with E-state index < -0.39 is 5.54 Å². The van der Waals surface area contributed by atoms with E-state index in [1.807, 2.05) is 28.8 Å². The highest BCUT2D eigenvalue weighted by Crippen LogP contribution is 2.23. The number of aromatic nitrogens is 3. The van der Waals surface area contributed by atoms with Crippen LogP contribution in [0.3, 0.4) is 0 Å². The van der Waals surface area contributed by atoms with E-state index in [2.05, 4.69) is 20.8 Å². The Bertz CT molecular complexity index is 910. The Labute approximate surface area is 166 Å². The molecule has 28 heavy (non-hydrogen) atoms. The van der Waals surface area contributed by atoms with Gasteiger partial charge >= 0.3 is 6.03 Å². The Morgan fingerprint density at radius 1 is 1.32 bits per heavy atom. The minimum atomic E-state index is -0.844. The van der Waals surface area contributed by atoms with Gasteiger partial charge in [0.15, 0.2) is 5.16 Å². The average molecular weight is 402 g/mol. The number of thioether (sulfide) groups is 1. The predicted octanol–water partition coefficient (Wildman–Crippen LogP) is 2.04. The van der Waals surface area contributed by atoms with Crippen molar-refractivity contribution in [2.24, 2.45) is 0 Å². The summed E-state index contributed by atoms with van der Waals surface area (Å²) in [6.07, 6.45) is 2.24. The summed E-state index contributed by atoms with van der Waals surface area (Å²) >= 11 is 1.49. The smallest absolute Gasteiger partial charge is 0.325 e. The second-order valence-electron chi connectivity index (χ2n) is 6.93. The van der Waals surface area contributed by atoms with Gasteiger partial charge in [-0.25, -0.2) is 4.79 Å². The molecule has 148 valence electrons. The number of imide groups is 1. The van der Waals surface area contributed by atoms with Gasteiger partial charge in [-0.1, -0.05) is 17.8 Å². The molecule has 1 fully saturated rings. The van der Waals surface area contributed by atoms with Crippen LogP contribution in [0.25, 0.3) is 5.69 Å². The molecule has 1 aromatic heterocycles. The number of anilines is 1. The molecule has 9 nitrogen and oxygen atoms in total. The summed E-state index contributed by atoms with van der Waals surface area (Å²) in [7, 11) is 0. The lowest BCUT2D eigenvalue weighted by Crippen LogP contribution is -2.40. The Balaban J connectivity index is 1.59. The third kappa shape index (κ3) is 4.33. The normalized spacial score (nSPS) is 15.6. The molecule has 0 spiro atoms. The van der Waals surface area contributed by atoms with Gasteiger partial charge in [0, 0.05) is 24.9 Å². The second kappa shape index (κ2) is 8.01. The van der Waals surface area contributed by atoms with Crippen molar-refractivity contribution in [2.45, 2.75) is 37.9 Å². The van der Waals surface area contributed by atoms with Gasteiger partial charge in [-0.3, -0.25) is 19.1 Å². The number of carbonyl (C=O) groups is 3. The molecule has 10 heteroatoms. The van der Waals surface area contributed by atoms with Crippen molar-refractivity contribution in [1.82, 2.24) is 25.0 Å². The monoisotopic (exact) mass is 402 g/mol. The zero-order valence-electron chi connectivity index (χ0n) is 15.9. The lowest BCUT2D eigenvalue weighted by Gasteiger charge is -2.15. The van der Waals surface area contributed by atoms with Crippen LogP contribution in [-0.2, 0) is 9.59 Å². The SMILES string of the molecule is CC(=O)Nc1cccc(-n2cnnc2SCCCN2C(=O)NC(C)(C)C2=O)c1. The van der Waals surface area contributed by atoms with Gasteiger partial charge in [0.2, 0.25) is 5.91 Å². The maximum atomic E-state index is 12.2. The largest absolute Gasteiger partial charge is 0.326 e. The molecule has 0 unspecified atom stereocenters. The summed E-state index contributed by atoms with van der Waals surface area (Å²) in [5, 5.41) is 14.2. The zero-order valence-corrected chi connectivity index (χ0v) is 16.7. The number of benzene rings is 1. The molecule has 1 aromatic carbocycles. The highest BCUT2D eigenvalue weighted by Gasteiger charge is 2.43. The Morgan fingerprint density at radius 2 is 2.11 bits per heavy atom. The minimum Gasteiger partial charge on any atom is -0.326 e. The van der Waals surface area contributed by atoms with Gasteiger partial charge in [-0.2, -0.15) is 0 Å². The van der Waals surface area contributed by atoms with E-state index in [9.17, 15) is 14.4 Å². The molecule has 0 bridgehead atoms. The van der Waals surface area contributed by atoms with Crippen LogP contribution in [0.5, 0.6) is 0 Å². The van der Waals surface area contributed by atoms with E-state index >= 15 is 0 Å². The van der Waals surface area contributed by atoms with E-state index in [4.69, 9.17) is 0 Å². The standard InChI is InChI=1S/C18H22N6O3S/c1-12(25)20-13-6-4-7-14(10-13)24-11-19-22-17(24)28-9-5-8-23-15(26)18(2,3)21-16(23)27/h4,6-7,10-11H,5,8-9H2,1-3H3,(H,20,25)(H,21,27). The van der Waals surface area contributed by atoms with Crippen molar-refractivity contribution in [3.63, 3.8) is 0 Å². The van der Waals surface area contributed by atoms with Crippen molar-refractivity contribution < 1.29 is 14.4 Å². The van der Waals surface area contributed by atoms with Gasteiger partial charge in [0.25, 0.3) is 5.91 Å². The van der Waals surface area contributed by atoms with Crippen molar-refractivity contribution in [3.8, 4) is 5.69 Å². The summed E-state index contributed by atoms with van der Waals surface area (Å²) in [4.78, 5) is 36.6. The van der Waals surface area contributed by atoms with Crippen LogP contribution in [0.1, 0.15) is 27.2 Å². The van der Waals surface area contributed by atoms with Gasteiger partial charge in [-0.05, 0) is 38.5 Å². The number of carbonyl (C=O) groups excluding carboxylic acids is 3. The number of hydrogen-bond acceptors (Lipinski definition) is 6. The van der Waals surface area contributed by atoms with Gasteiger partial charge < -0.3 is 10.6 Å². The molecule has 1 saturated heterocycles. The topological polar surface area (TPSA) is 109 Å². The first kappa shape index (κ1) is 19.9. The first-order valence-corrected chi connectivity index (χ1v) is 9.81. The predicted molar refractivity (Wildman–Crippen MR) is 105 cm³/mol. The van der Waals surface area contributed by atoms with Crippen LogP contribution in [0.2, 0.25) is 0 Å². The molecular formula is C18H22N6O3S. The summed E-state index contributed by atoms with van der Waals surface area (Å²) in [5.74, 6) is 0.321. The first-order valence-electron chi connectivity index (χ1n) is 8.83. The van der Waals surface area contributed by atoms with E-state index in [0.29, 0.717) is 29.6 Å². The third-order valence-electron chi connectivity index (χ3n) is 4.16. The molecular weight excluding hydrogens is 380 g/mol. The quantitative estimate of drug-likeness (QED) is 0.417. The van der Waals surface area contributed by atoms with Crippen LogP contribution < -0.4 is 10.6 Å². The molecule has 0 atom stereocenters. The van der Waals surface area contributed by atoms with Crippen LogP contribution in [-0.4, -0.2) is 55.3 Å². The minimum absolute atomic E-state index is 0.140. The van der Waals surface area contributed by atoms with Gasteiger partial charge in [0.1, 0.15) is 11.9 Å². The van der Waals surface area contributed by atoms with E-state index in [1.165, 1.54) is 23.6 Å². The van der Waals surface area contributed by atoms with Gasteiger partial charge in [0.05, 0.1) is 5.69 Å². The lowest BCUT2D eigenvalue weighted by molar-refractivity contribution is -0.130. The van der Waals surface area contributed by atoms with E-state index in [-0.39, 0.29) is 17.8 Å². The van der Waals surface area contributed by atoms with E-state index in [1.54, 1.807) is 20.2 Å². The number of urea groups is 1. The molecule has 0 saturated carbocycles. The van der Waals surface area contributed by atoms with Crippen LogP contribution in [0, 0.1) is 0 Å². The molecule has 1 aliphatic heterocycles. The number of nitrogens with zero attached hydrogens (tertiary/aromatic N) is 4. The number of hydrogen-bond donors (Lipinski definition) is 2. The molecule has 2 aromatic rings. The Hall–Kier alpha value is -2.88. The molecule has 2 heterocycles. The third-order valence-corrected chi connectivity index (χ3v) is 5.19. The summed E-state index contributed by atoms with van der Waals surface area (Å²) < 4.78 is 1.83. The summed E-state index contributed by atoms with van der Waals surface area (Å²) in [5.41, 5.74) is 0.675. The maximum absolute atomic E-state index is 12.2. The molecule has 4 amide bonds. The summed E-state index contributed by atoms with van der Waals surface area (Å²) in [6.45, 7) is 5.20. The molecule has 2 N–H and O–H groups in total.